The minimum absolute atomic E-state index is 0.134. The summed E-state index contributed by atoms with van der Waals surface area (Å²) in [7, 11) is 1.40. The van der Waals surface area contributed by atoms with E-state index < -0.39 is 237 Å². The molecule has 0 bridgehead atoms. The number of aliphatic hydroxyl groups excluding tert-OH is 1. The van der Waals surface area contributed by atoms with Crippen LogP contribution < -0.4 is 91.5 Å². The van der Waals surface area contributed by atoms with Gasteiger partial charge >= 0.3 is 5.97 Å². The highest BCUT2D eigenvalue weighted by molar-refractivity contribution is 7.80. The molecule has 0 spiro atoms. The Balaban J connectivity index is 1.72. The number of rotatable bonds is 48. The number of carbonyl (C=O) groups excluding carboxylic acids is 16. The van der Waals surface area contributed by atoms with Gasteiger partial charge in [0, 0.05) is 74.1 Å². The second-order valence-corrected chi connectivity index (χ2v) is 26.9. The van der Waals surface area contributed by atoms with Gasteiger partial charge in [0.25, 0.3) is 0 Å². The fraction of sp³-hybridized carbons (Fsp3) is 0.471. The largest absolute Gasteiger partial charge is 0.508 e. The first kappa shape index (κ1) is 90.8. The van der Waals surface area contributed by atoms with Crippen LogP contribution in [0.25, 0.3) is 10.9 Å². The molecule has 0 fully saturated rings. The van der Waals surface area contributed by atoms with Crippen LogP contribution in [-0.2, 0) is 101 Å². The Morgan fingerprint density at radius 3 is 1.28 bits per heavy atom. The number of carboxylic acid groups (broad SMARTS) is 1. The maximum Gasteiger partial charge on any atom is 0.303 e. The third kappa shape index (κ3) is 31.3. The molecule has 0 aliphatic heterocycles. The molecule has 24 N–H and O–H groups in total. The standard InChI is InChI=1S/C70H97N17O21S2/c1-34(2)10-19-44(61(98)78-47(22-25-58(95)96)62(99)84-51(29-56(73)93)60(97)76-31-57(74)94)79-65(102)48(27-38-13-17-41(108-5)18-14-38)82-66(103)49(26-37-11-15-40(90)16-12-37)83-69(106)53(33-110)86-63(100)45(20-23-54(71)91)80-67(104)50(28-39-30-75-43-9-7-6-8-42(39)43)85-70(107)59(35(3)88)87-64(101)46(21-24-55(72)92)81-68(105)52(32-109)77-36(4)89/h6-9,11-18,30,34-35,44-53,59,75,88,90,109-110H,10,19-29,31-33H2,1-5H3,(H2,71,91)(H2,72,92)(H2,73,93)(H2,74,94)(H,76,97)(H,77,89)(H,78,98)(H,79,102)(H,80,104)(H,81,105)(H,82,103)(H,83,106)(H,84,99)(H,85,107)(H,86,100)(H,87,101)(H,95,96)/t35-,44+,45+,46+,47+,48+,49+,50+,51+,52+,53+,59+/m1/s1. The summed E-state index contributed by atoms with van der Waals surface area (Å²) in [6.45, 7) is 5.10. The monoisotopic (exact) mass is 1580 g/mol. The summed E-state index contributed by atoms with van der Waals surface area (Å²) in [5.74, 6) is -18.7. The minimum atomic E-state index is -1.92. The number of fused-ring (bicyclic) bond motifs is 1. The lowest BCUT2D eigenvalue weighted by Crippen LogP contribution is -2.62. The molecule has 3 aromatic carbocycles. The minimum Gasteiger partial charge on any atom is -0.508 e. The molecule has 38 nitrogen and oxygen atoms in total. The van der Waals surface area contributed by atoms with E-state index in [0.29, 0.717) is 33.3 Å². The number of carboxylic acids is 1. The van der Waals surface area contributed by atoms with Gasteiger partial charge in [0.15, 0.2) is 0 Å². The van der Waals surface area contributed by atoms with Crippen LogP contribution in [-0.4, -0.2) is 219 Å². The van der Waals surface area contributed by atoms with Gasteiger partial charge in [-0.2, -0.15) is 25.3 Å². The number of aromatic amines is 1. The molecule has 4 aromatic rings. The highest BCUT2D eigenvalue weighted by Gasteiger charge is 2.38. The van der Waals surface area contributed by atoms with Crippen LogP contribution in [0, 0.1) is 5.92 Å². The summed E-state index contributed by atoms with van der Waals surface area (Å²) in [4.78, 5) is 232. The summed E-state index contributed by atoms with van der Waals surface area (Å²) in [6.07, 6.45) is -5.40. The summed E-state index contributed by atoms with van der Waals surface area (Å²) in [6, 6.07) is -0.0633. The number of methoxy groups -OCH3 is 1. The van der Waals surface area contributed by atoms with Crippen molar-refractivity contribution in [2.45, 2.75) is 177 Å². The Bertz CT molecular complexity index is 3940. The van der Waals surface area contributed by atoms with E-state index in [9.17, 15) is 92.0 Å². The van der Waals surface area contributed by atoms with Gasteiger partial charge in [-0.05, 0) is 92.0 Å². The Hall–Kier alpha value is -11.5. The van der Waals surface area contributed by atoms with Crippen molar-refractivity contribution in [2.24, 2.45) is 28.9 Å². The molecule has 0 saturated heterocycles. The van der Waals surface area contributed by atoms with Gasteiger partial charge in [0.2, 0.25) is 94.5 Å². The number of aliphatic hydroxyl groups is 1. The van der Waals surface area contributed by atoms with E-state index in [1.807, 2.05) is 0 Å². The number of phenols is 1. The zero-order valence-electron chi connectivity index (χ0n) is 61.0. The number of nitrogens with one attached hydrogen (secondary N) is 13. The second-order valence-electron chi connectivity index (χ2n) is 26.2. The van der Waals surface area contributed by atoms with E-state index >= 15 is 4.79 Å². The lowest BCUT2D eigenvalue weighted by Gasteiger charge is -2.29. The number of carbonyl (C=O) groups is 17. The van der Waals surface area contributed by atoms with E-state index in [2.05, 4.69) is 94.0 Å². The number of ether oxygens (including phenoxy) is 1. The van der Waals surface area contributed by atoms with E-state index in [0.717, 1.165) is 13.8 Å². The van der Waals surface area contributed by atoms with E-state index in [1.165, 1.54) is 37.6 Å². The third-order valence-electron chi connectivity index (χ3n) is 16.8. The number of benzene rings is 3. The molecule has 110 heavy (non-hydrogen) atoms. The number of thiol groups is 2. The summed E-state index contributed by atoms with van der Waals surface area (Å²) in [5.41, 5.74) is 23.1. The first-order chi connectivity index (χ1) is 51.9. The number of amides is 16. The normalized spacial score (nSPS) is 14.3. The number of aromatic nitrogens is 1. The number of aromatic hydroxyl groups is 1. The van der Waals surface area contributed by atoms with E-state index in [4.69, 9.17) is 27.7 Å². The summed E-state index contributed by atoms with van der Waals surface area (Å²) < 4.78 is 5.31. The first-order valence-electron chi connectivity index (χ1n) is 34.7. The van der Waals surface area contributed by atoms with Crippen molar-refractivity contribution < 1.29 is 102 Å². The Labute approximate surface area is 642 Å². The molecule has 0 unspecified atom stereocenters. The predicted octanol–water partition coefficient (Wildman–Crippen LogP) is -5.19. The van der Waals surface area contributed by atoms with Crippen molar-refractivity contribution in [3.63, 3.8) is 0 Å². The van der Waals surface area contributed by atoms with E-state index in [1.54, 1.807) is 62.4 Å². The van der Waals surface area contributed by atoms with Crippen molar-refractivity contribution >= 4 is 137 Å². The molecule has 40 heteroatoms. The highest BCUT2D eigenvalue weighted by Crippen LogP contribution is 2.21. The van der Waals surface area contributed by atoms with Crippen LogP contribution in [0.5, 0.6) is 11.5 Å². The predicted molar refractivity (Wildman–Crippen MR) is 401 cm³/mol. The Morgan fingerprint density at radius 1 is 0.445 bits per heavy atom. The van der Waals surface area contributed by atoms with Crippen molar-refractivity contribution in [3.05, 3.63) is 95.7 Å². The molecule has 600 valence electrons. The number of hydrogen-bond donors (Lipinski definition) is 22. The fourth-order valence-corrected chi connectivity index (χ4v) is 11.4. The van der Waals surface area contributed by atoms with Gasteiger partial charge in [-0.25, -0.2) is 0 Å². The number of primary amides is 4. The average molecular weight is 1580 g/mol. The maximum absolute atomic E-state index is 15.0. The summed E-state index contributed by atoms with van der Waals surface area (Å²) >= 11 is 8.42. The molecule has 1 heterocycles. The lowest BCUT2D eigenvalue weighted by atomic mass is 9.99. The molecule has 1 aromatic heterocycles. The lowest BCUT2D eigenvalue weighted by molar-refractivity contribution is -0.139. The van der Waals surface area contributed by atoms with Crippen LogP contribution in [0.3, 0.4) is 0 Å². The smallest absolute Gasteiger partial charge is 0.303 e. The molecule has 4 rings (SSSR count). The zero-order chi connectivity index (χ0) is 82.1. The average Bonchev–Trinajstić information content (AvgIpc) is 1.63. The van der Waals surface area contributed by atoms with Gasteiger partial charge in [-0.15, -0.1) is 0 Å². The quantitative estimate of drug-likeness (QED) is 0.0184. The van der Waals surface area contributed by atoms with Gasteiger partial charge in [0.1, 0.15) is 78.0 Å². The molecule has 0 radical (unpaired) electrons. The molecule has 0 aliphatic rings. The van der Waals surface area contributed by atoms with Gasteiger partial charge in [-0.1, -0.05) is 56.3 Å². The number of H-pyrrole nitrogens is 1. The number of para-hydroxylation sites is 1. The SMILES string of the molecule is COc1ccc(C[C@H](NC(=O)[C@H](Cc2ccc(O)cc2)NC(=O)[C@H](CS)NC(=O)[C@H](CCC(N)=O)NC(=O)[C@H](Cc2c[nH]c3ccccc23)NC(=O)[C@@H](NC(=O)[C@H](CCC(N)=O)NC(=O)[C@H](CS)NC(C)=O)[C@@H](C)O)C(=O)N[C@@H](CCC(C)C)C(=O)N[C@@H](CCC(=O)O)C(=O)N[C@@H](CC(N)=O)C(=O)NCC(N)=O)cc1. The summed E-state index contributed by atoms with van der Waals surface area (Å²) in [5, 5.41) is 60.6. The molecular formula is C70H97N17O21S2. The van der Waals surface area contributed by atoms with Crippen molar-refractivity contribution in [1.29, 1.82) is 0 Å². The van der Waals surface area contributed by atoms with Crippen molar-refractivity contribution in [2.75, 3.05) is 25.2 Å². The molecule has 0 aliphatic carbocycles. The molecule has 0 saturated carbocycles. The molecule has 12 atom stereocenters. The topological polar surface area (TPSA) is 624 Å². The number of hydrogen-bond acceptors (Lipinski definition) is 22. The maximum atomic E-state index is 15.0. The van der Waals surface area contributed by atoms with Crippen LogP contribution in [0.2, 0.25) is 0 Å². The van der Waals surface area contributed by atoms with Crippen molar-refractivity contribution in [1.82, 2.24) is 68.8 Å². The third-order valence-corrected chi connectivity index (χ3v) is 17.5. The zero-order valence-corrected chi connectivity index (χ0v) is 62.8. The number of aliphatic carboxylic acids is 1. The Kier molecular flexibility index (Phi) is 37.4. The van der Waals surface area contributed by atoms with Gasteiger partial charge in [-0.3, -0.25) is 81.5 Å². The molecule has 16 amide bonds. The Morgan fingerprint density at radius 2 is 0.845 bits per heavy atom. The van der Waals surface area contributed by atoms with Crippen LogP contribution in [0.4, 0.5) is 0 Å². The van der Waals surface area contributed by atoms with E-state index in [-0.39, 0.29) is 43.1 Å². The fourth-order valence-electron chi connectivity index (χ4n) is 10.9. The number of nitrogens with two attached hydrogens (primary N) is 4. The molecular weight excluding hydrogens is 1480 g/mol. The van der Waals surface area contributed by atoms with Gasteiger partial charge in [0.05, 0.1) is 26.2 Å². The highest BCUT2D eigenvalue weighted by atomic mass is 32.1. The second kappa shape index (κ2) is 45.3. The van der Waals surface area contributed by atoms with Crippen LogP contribution in [0.15, 0.2) is 79.0 Å². The van der Waals surface area contributed by atoms with Crippen LogP contribution in [0.1, 0.15) is 102 Å². The number of phenolic OH excluding ortho intramolecular Hbond substituents is 1. The first-order valence-corrected chi connectivity index (χ1v) is 36.0. The van der Waals surface area contributed by atoms with Crippen LogP contribution >= 0.6 is 25.3 Å². The van der Waals surface area contributed by atoms with Crippen molar-refractivity contribution in [3.8, 4) is 11.5 Å². The van der Waals surface area contributed by atoms with Gasteiger partial charge < -0.3 is 112 Å².